The third-order valence-corrected chi connectivity index (χ3v) is 10.6. The second-order valence-electron chi connectivity index (χ2n) is 17.8. The molecule has 394 valence electrons. The Hall–Kier alpha value is -6.74. The Morgan fingerprint density at radius 1 is 0.586 bits per heavy atom. The standard InChI is InChI=1S/C43H73N13O14/c1-20(2)32(40(66)50-23(7)36(62)56-35(24(8)57)43(69)70)53-30(59)18-48-39(65)28(15-25-16-46-19-49-25)52-41(67)34(22(5)6)55-42(68)33(21(3)4)54-29(58)17-47-38(64)27(12-13-31(60)61)51-37(63)26(45)11-9-10-14-44/h16,19-24,26-28,32-35,57H,9-15,17-18,44-45H2,1-8H3,(H,46,49)(H,47,64)(H,48,65)(H,50,66)(H,51,63)(H,52,67)(H,53,59)(H,54,58)(H,55,68)(H,56,62)(H,60,61)(H,69,70)/t23-,24+,26-,27-,28-,32-,33-,34-,35-/m0/s1. The van der Waals surface area contributed by atoms with Gasteiger partial charge >= 0.3 is 11.9 Å². The highest BCUT2D eigenvalue weighted by atomic mass is 16.4. The van der Waals surface area contributed by atoms with E-state index in [4.69, 9.17) is 11.5 Å². The third kappa shape index (κ3) is 22.1. The van der Waals surface area contributed by atoms with Crippen LogP contribution in [-0.4, -0.2) is 164 Å². The number of hydrogen-bond donors (Lipinski definition) is 15. The molecule has 1 heterocycles. The monoisotopic (exact) mass is 996 g/mol. The SMILES string of the molecule is CC(C)[C@H](NC(=O)CNC(=O)[C@H](Cc1cnc[nH]1)NC(=O)[C@@H](NC(=O)[C@@H](NC(=O)CNC(=O)[C@H](CCC(=O)O)NC(=O)[C@@H](N)CCCCN)C(C)C)C(C)C)C(=O)N[C@@H](C)C(=O)N[C@H](C(=O)O)[C@@H](C)O. The lowest BCUT2D eigenvalue weighted by molar-refractivity contribution is -0.145. The number of aliphatic carboxylic acids is 2. The number of aliphatic hydroxyl groups is 1. The maximum Gasteiger partial charge on any atom is 0.328 e. The Bertz CT molecular complexity index is 1950. The average molecular weight is 996 g/mol. The van der Waals surface area contributed by atoms with Gasteiger partial charge in [-0.15, -0.1) is 0 Å². The average Bonchev–Trinajstić information content (AvgIpc) is 3.79. The third-order valence-electron chi connectivity index (χ3n) is 10.6. The van der Waals surface area contributed by atoms with Crippen LogP contribution in [0.2, 0.25) is 0 Å². The van der Waals surface area contributed by atoms with Crippen LogP contribution in [0.5, 0.6) is 0 Å². The first-order chi connectivity index (χ1) is 32.7. The fourth-order valence-corrected chi connectivity index (χ4v) is 6.46. The van der Waals surface area contributed by atoms with Crippen molar-refractivity contribution < 1.29 is 68.1 Å². The predicted octanol–water partition coefficient (Wildman–Crippen LogP) is -4.65. The summed E-state index contributed by atoms with van der Waals surface area (Å²) in [5, 5.41) is 50.0. The van der Waals surface area contributed by atoms with Gasteiger partial charge in [-0.3, -0.25) is 47.9 Å². The van der Waals surface area contributed by atoms with E-state index < -0.39 is 157 Å². The molecule has 0 bridgehead atoms. The van der Waals surface area contributed by atoms with Crippen LogP contribution in [0.3, 0.4) is 0 Å². The van der Waals surface area contributed by atoms with E-state index >= 15 is 0 Å². The molecule has 27 heteroatoms. The molecule has 0 aliphatic heterocycles. The van der Waals surface area contributed by atoms with E-state index in [0.717, 1.165) is 6.92 Å². The van der Waals surface area contributed by atoms with Gasteiger partial charge in [-0.1, -0.05) is 48.0 Å². The molecular weight excluding hydrogens is 923 g/mol. The Balaban J connectivity index is 3.07. The lowest BCUT2D eigenvalue weighted by Gasteiger charge is -2.28. The number of rotatable bonds is 32. The van der Waals surface area contributed by atoms with Gasteiger partial charge in [-0.2, -0.15) is 0 Å². The number of nitrogens with one attached hydrogen (secondary N) is 10. The predicted molar refractivity (Wildman–Crippen MR) is 249 cm³/mol. The number of carbonyl (C=O) groups is 11. The quantitative estimate of drug-likeness (QED) is 0.0302. The lowest BCUT2D eigenvalue weighted by Crippen LogP contribution is -2.60. The van der Waals surface area contributed by atoms with Gasteiger partial charge in [0.1, 0.15) is 36.3 Å². The highest BCUT2D eigenvalue weighted by Gasteiger charge is 2.35. The Morgan fingerprint density at radius 2 is 1.06 bits per heavy atom. The molecule has 0 unspecified atom stereocenters. The van der Waals surface area contributed by atoms with Gasteiger partial charge in [0.2, 0.25) is 53.2 Å². The number of unbranched alkanes of at least 4 members (excludes halogenated alkanes) is 1. The molecule has 1 rings (SSSR count). The van der Waals surface area contributed by atoms with E-state index in [1.165, 1.54) is 19.4 Å². The van der Waals surface area contributed by atoms with Crippen molar-refractivity contribution in [2.45, 2.75) is 148 Å². The fraction of sp³-hybridized carbons (Fsp3) is 0.674. The maximum absolute atomic E-state index is 13.9. The maximum atomic E-state index is 13.9. The zero-order valence-corrected chi connectivity index (χ0v) is 40.9. The summed E-state index contributed by atoms with van der Waals surface area (Å²) in [6.07, 6.45) is 1.75. The van der Waals surface area contributed by atoms with Crippen molar-refractivity contribution in [1.29, 1.82) is 0 Å². The first kappa shape index (κ1) is 61.3. The number of amides is 9. The Kier molecular flexibility index (Phi) is 26.9. The molecule has 0 aromatic carbocycles. The topological polar surface area (TPSA) is 437 Å². The second kappa shape index (κ2) is 30.7. The second-order valence-corrected chi connectivity index (χ2v) is 17.8. The number of H-pyrrole nitrogens is 1. The molecule has 9 amide bonds. The van der Waals surface area contributed by atoms with Crippen LogP contribution >= 0.6 is 0 Å². The Morgan fingerprint density at radius 3 is 1.51 bits per heavy atom. The normalized spacial score (nSPS) is 15.1. The summed E-state index contributed by atoms with van der Waals surface area (Å²) in [5.74, 6) is -11.9. The van der Waals surface area contributed by atoms with Crippen molar-refractivity contribution in [3.63, 3.8) is 0 Å². The van der Waals surface area contributed by atoms with Crippen molar-refractivity contribution >= 4 is 65.1 Å². The van der Waals surface area contributed by atoms with Gasteiger partial charge in [0.25, 0.3) is 0 Å². The van der Waals surface area contributed by atoms with E-state index in [9.17, 15) is 68.1 Å². The van der Waals surface area contributed by atoms with Crippen molar-refractivity contribution in [3.8, 4) is 0 Å². The lowest BCUT2D eigenvalue weighted by atomic mass is 9.99. The first-order valence-corrected chi connectivity index (χ1v) is 22.9. The Labute approximate surface area is 405 Å². The van der Waals surface area contributed by atoms with E-state index in [-0.39, 0.29) is 19.3 Å². The van der Waals surface area contributed by atoms with E-state index in [1.807, 2.05) is 0 Å². The van der Waals surface area contributed by atoms with Gasteiger partial charge in [-0.25, -0.2) is 9.78 Å². The number of aromatic nitrogens is 2. The minimum absolute atomic E-state index is 0.161. The molecule has 0 fully saturated rings. The van der Waals surface area contributed by atoms with Gasteiger partial charge in [0.05, 0.1) is 31.6 Å². The summed E-state index contributed by atoms with van der Waals surface area (Å²) in [6.45, 7) is 11.1. The number of carbonyl (C=O) groups excluding carboxylic acids is 9. The molecule has 0 saturated carbocycles. The molecule has 9 atom stereocenters. The molecule has 0 saturated heterocycles. The molecule has 70 heavy (non-hydrogen) atoms. The number of imidazole rings is 1. The first-order valence-electron chi connectivity index (χ1n) is 22.9. The molecule has 17 N–H and O–H groups in total. The van der Waals surface area contributed by atoms with Gasteiger partial charge in [-0.05, 0) is 57.4 Å². The molecule has 0 radical (unpaired) electrons. The van der Waals surface area contributed by atoms with E-state index in [0.29, 0.717) is 25.1 Å². The van der Waals surface area contributed by atoms with Crippen LogP contribution in [0, 0.1) is 17.8 Å². The number of nitrogens with two attached hydrogens (primary N) is 2. The van der Waals surface area contributed by atoms with Gasteiger partial charge < -0.3 is 79.6 Å². The molecule has 0 aliphatic carbocycles. The van der Waals surface area contributed by atoms with Crippen molar-refractivity contribution in [2.24, 2.45) is 29.2 Å². The van der Waals surface area contributed by atoms with Crippen LogP contribution in [0.4, 0.5) is 0 Å². The zero-order chi connectivity index (χ0) is 53.4. The van der Waals surface area contributed by atoms with Crippen molar-refractivity contribution in [2.75, 3.05) is 19.6 Å². The highest BCUT2D eigenvalue weighted by Crippen LogP contribution is 2.10. The summed E-state index contributed by atoms with van der Waals surface area (Å²) in [6, 6.07) is -10.4. The summed E-state index contributed by atoms with van der Waals surface area (Å²) in [5.41, 5.74) is 11.8. The minimum Gasteiger partial charge on any atom is -0.481 e. The summed E-state index contributed by atoms with van der Waals surface area (Å²) >= 11 is 0. The summed E-state index contributed by atoms with van der Waals surface area (Å²) < 4.78 is 0. The van der Waals surface area contributed by atoms with Gasteiger partial charge in [0, 0.05) is 24.7 Å². The molecule has 0 spiro atoms. The van der Waals surface area contributed by atoms with Crippen LogP contribution in [0.1, 0.15) is 93.2 Å². The summed E-state index contributed by atoms with van der Waals surface area (Å²) in [4.78, 5) is 148. The molecule has 1 aromatic heterocycles. The number of aromatic amines is 1. The number of hydrogen-bond acceptors (Lipinski definition) is 15. The smallest absolute Gasteiger partial charge is 0.328 e. The van der Waals surface area contributed by atoms with Crippen LogP contribution < -0.4 is 59.3 Å². The molecular formula is C43H73N13O14. The number of nitrogens with zero attached hydrogens (tertiary/aromatic N) is 1. The molecule has 27 nitrogen and oxygen atoms in total. The number of aliphatic hydroxyl groups excluding tert-OH is 1. The number of carboxylic acids is 2. The minimum atomic E-state index is -1.65. The molecule has 1 aromatic rings. The fourth-order valence-electron chi connectivity index (χ4n) is 6.46. The van der Waals surface area contributed by atoms with Crippen molar-refractivity contribution in [1.82, 2.24) is 57.8 Å². The van der Waals surface area contributed by atoms with Crippen LogP contribution in [-0.2, 0) is 59.2 Å². The van der Waals surface area contributed by atoms with Crippen LogP contribution in [0.15, 0.2) is 12.5 Å². The largest absolute Gasteiger partial charge is 0.481 e. The van der Waals surface area contributed by atoms with E-state index in [1.54, 1.807) is 41.5 Å². The van der Waals surface area contributed by atoms with Crippen molar-refractivity contribution in [3.05, 3.63) is 18.2 Å². The van der Waals surface area contributed by atoms with Gasteiger partial charge in [0.15, 0.2) is 6.04 Å². The zero-order valence-electron chi connectivity index (χ0n) is 40.9. The van der Waals surface area contributed by atoms with Crippen LogP contribution in [0.25, 0.3) is 0 Å². The summed E-state index contributed by atoms with van der Waals surface area (Å²) in [7, 11) is 0. The number of carboxylic acid groups (broad SMARTS) is 2. The highest BCUT2D eigenvalue weighted by molar-refractivity contribution is 5.97. The molecule has 0 aliphatic rings. The van der Waals surface area contributed by atoms with E-state index in [2.05, 4.69) is 57.8 Å².